The molecular formula is C18H15N5O5S. The van der Waals surface area contributed by atoms with E-state index in [4.69, 9.17) is 18.9 Å². The molecule has 0 aliphatic carbocycles. The highest BCUT2D eigenvalue weighted by Gasteiger charge is 2.17. The highest BCUT2D eigenvalue weighted by molar-refractivity contribution is 7.99. The third-order valence-electron chi connectivity index (χ3n) is 4.20. The monoisotopic (exact) mass is 413 g/mol. The van der Waals surface area contributed by atoms with Crippen LogP contribution in [0.4, 0.5) is 5.69 Å². The number of aromatic nitrogens is 4. The Labute approximate surface area is 169 Å². The number of fused-ring (bicyclic) bond motifs is 2. The van der Waals surface area contributed by atoms with E-state index in [0.717, 1.165) is 5.69 Å². The first-order chi connectivity index (χ1) is 14.3. The lowest BCUT2D eigenvalue weighted by molar-refractivity contribution is -0.113. The third-order valence-corrected chi connectivity index (χ3v) is 5.12. The average molecular weight is 413 g/mol. The summed E-state index contributed by atoms with van der Waals surface area (Å²) in [4.78, 5) is 12.3. The van der Waals surface area contributed by atoms with Gasteiger partial charge in [0.05, 0.1) is 11.4 Å². The fourth-order valence-corrected chi connectivity index (χ4v) is 3.59. The maximum absolute atomic E-state index is 12.3. The van der Waals surface area contributed by atoms with E-state index in [0.29, 0.717) is 47.1 Å². The minimum Gasteiger partial charge on any atom is -0.486 e. The Morgan fingerprint density at radius 2 is 1.76 bits per heavy atom. The Morgan fingerprint density at radius 3 is 2.69 bits per heavy atom. The molecule has 2 aliphatic rings. The van der Waals surface area contributed by atoms with Gasteiger partial charge in [-0.05, 0) is 34.7 Å². The van der Waals surface area contributed by atoms with E-state index in [2.05, 4.69) is 20.8 Å². The zero-order valence-electron chi connectivity index (χ0n) is 15.0. The van der Waals surface area contributed by atoms with Gasteiger partial charge < -0.3 is 24.3 Å². The lowest BCUT2D eigenvalue weighted by Crippen LogP contribution is -2.16. The van der Waals surface area contributed by atoms with Crippen molar-refractivity contribution in [2.75, 3.05) is 31.1 Å². The lowest BCUT2D eigenvalue weighted by atomic mass is 10.2. The summed E-state index contributed by atoms with van der Waals surface area (Å²) in [5.74, 6) is 2.55. The molecule has 10 nitrogen and oxygen atoms in total. The maximum atomic E-state index is 12.3. The molecule has 1 aromatic heterocycles. The number of rotatable bonds is 5. The fourth-order valence-electron chi connectivity index (χ4n) is 2.90. The molecule has 148 valence electrons. The van der Waals surface area contributed by atoms with Crippen molar-refractivity contribution in [3.05, 3.63) is 36.4 Å². The van der Waals surface area contributed by atoms with Crippen LogP contribution in [-0.4, -0.2) is 51.9 Å². The second kappa shape index (κ2) is 7.51. The van der Waals surface area contributed by atoms with Gasteiger partial charge in [0.15, 0.2) is 23.0 Å². The molecular weight excluding hydrogens is 398 g/mol. The summed E-state index contributed by atoms with van der Waals surface area (Å²) in [7, 11) is 0. The molecule has 0 atom stereocenters. The molecule has 0 bridgehead atoms. The molecule has 1 amide bonds. The summed E-state index contributed by atoms with van der Waals surface area (Å²) < 4.78 is 23.3. The number of tetrazole rings is 1. The Balaban J connectivity index is 1.25. The van der Waals surface area contributed by atoms with E-state index in [1.807, 2.05) is 18.2 Å². The van der Waals surface area contributed by atoms with E-state index in [1.165, 1.54) is 11.8 Å². The number of nitrogens with zero attached hydrogens (tertiary/aromatic N) is 4. The van der Waals surface area contributed by atoms with Crippen molar-refractivity contribution < 1.29 is 23.7 Å². The number of amides is 1. The van der Waals surface area contributed by atoms with Crippen LogP contribution in [-0.2, 0) is 4.79 Å². The fraction of sp³-hybridized carbons (Fsp3) is 0.222. The first-order valence-electron chi connectivity index (χ1n) is 8.77. The topological polar surface area (TPSA) is 110 Å². The van der Waals surface area contributed by atoms with Crippen LogP contribution in [0.15, 0.2) is 41.6 Å². The van der Waals surface area contributed by atoms with Gasteiger partial charge >= 0.3 is 0 Å². The molecule has 0 saturated heterocycles. The van der Waals surface area contributed by atoms with Gasteiger partial charge in [0.25, 0.3) is 0 Å². The smallest absolute Gasteiger partial charge is 0.234 e. The van der Waals surface area contributed by atoms with Crippen molar-refractivity contribution in [1.29, 1.82) is 0 Å². The van der Waals surface area contributed by atoms with Crippen LogP contribution in [0.25, 0.3) is 5.69 Å². The number of carbonyl (C=O) groups is 1. The van der Waals surface area contributed by atoms with Crippen LogP contribution in [0.1, 0.15) is 0 Å². The van der Waals surface area contributed by atoms with Crippen LogP contribution in [0.3, 0.4) is 0 Å². The molecule has 0 saturated carbocycles. The Kier molecular flexibility index (Phi) is 4.56. The summed E-state index contributed by atoms with van der Waals surface area (Å²) in [5, 5.41) is 15.1. The molecule has 0 unspecified atom stereocenters. The van der Waals surface area contributed by atoms with Crippen molar-refractivity contribution in [2.45, 2.75) is 5.16 Å². The van der Waals surface area contributed by atoms with Gasteiger partial charge in [0.2, 0.25) is 17.9 Å². The molecule has 5 rings (SSSR count). The first-order valence-corrected chi connectivity index (χ1v) is 9.75. The quantitative estimate of drug-likeness (QED) is 0.627. The Morgan fingerprint density at radius 1 is 1.00 bits per heavy atom. The van der Waals surface area contributed by atoms with E-state index < -0.39 is 0 Å². The molecule has 2 aliphatic heterocycles. The van der Waals surface area contributed by atoms with Gasteiger partial charge in [-0.2, -0.15) is 4.68 Å². The number of nitrogens with one attached hydrogen (secondary N) is 1. The normalized spacial score (nSPS) is 13.9. The van der Waals surface area contributed by atoms with Gasteiger partial charge in [-0.25, -0.2) is 0 Å². The van der Waals surface area contributed by atoms with Crippen LogP contribution in [0, 0.1) is 0 Å². The lowest BCUT2D eigenvalue weighted by Gasteiger charge is -2.18. The molecule has 0 fully saturated rings. The van der Waals surface area contributed by atoms with Gasteiger partial charge in [0, 0.05) is 17.8 Å². The van der Waals surface area contributed by atoms with Gasteiger partial charge in [-0.1, -0.05) is 11.8 Å². The Hall–Kier alpha value is -3.47. The number of hydrogen-bond donors (Lipinski definition) is 1. The van der Waals surface area contributed by atoms with Gasteiger partial charge in [-0.15, -0.1) is 5.10 Å². The van der Waals surface area contributed by atoms with Crippen LogP contribution in [0.2, 0.25) is 0 Å². The standard InChI is InChI=1S/C18H15N5O5S/c24-17(19-11-1-3-14-15(7-11)28-10-27-14)9-29-18-20-21-22-23(18)12-2-4-13-16(8-12)26-6-5-25-13/h1-4,7-8H,5-6,9-10H2,(H,19,24). The number of thioether (sulfide) groups is 1. The largest absolute Gasteiger partial charge is 0.486 e. The molecule has 3 aromatic rings. The van der Waals surface area contributed by atoms with Crippen molar-refractivity contribution in [3.63, 3.8) is 0 Å². The predicted octanol–water partition coefficient (Wildman–Crippen LogP) is 1.89. The van der Waals surface area contributed by atoms with Crippen molar-refractivity contribution in [3.8, 4) is 28.7 Å². The highest BCUT2D eigenvalue weighted by Crippen LogP contribution is 2.35. The summed E-state index contributed by atoms with van der Waals surface area (Å²) in [5.41, 5.74) is 1.35. The van der Waals surface area contributed by atoms with Crippen LogP contribution >= 0.6 is 11.8 Å². The summed E-state index contributed by atoms with van der Waals surface area (Å²) in [6.45, 7) is 1.20. The molecule has 11 heteroatoms. The van der Waals surface area contributed by atoms with Crippen molar-refractivity contribution in [2.24, 2.45) is 0 Å². The minimum absolute atomic E-state index is 0.138. The second-order valence-electron chi connectivity index (χ2n) is 6.11. The summed E-state index contributed by atoms with van der Waals surface area (Å²) in [6.07, 6.45) is 0. The maximum Gasteiger partial charge on any atom is 0.234 e. The molecule has 0 spiro atoms. The number of benzene rings is 2. The number of ether oxygens (including phenoxy) is 4. The number of anilines is 1. The molecule has 3 heterocycles. The SMILES string of the molecule is O=C(CSc1nnnn1-c1ccc2c(c1)OCCO2)Nc1ccc2c(c1)OCO2. The first kappa shape index (κ1) is 17.6. The number of hydrogen-bond acceptors (Lipinski definition) is 9. The minimum atomic E-state index is -0.189. The van der Waals surface area contributed by atoms with Gasteiger partial charge in [0.1, 0.15) is 13.2 Å². The van der Waals surface area contributed by atoms with E-state index in [-0.39, 0.29) is 18.5 Å². The second-order valence-corrected chi connectivity index (χ2v) is 7.05. The molecule has 1 N–H and O–H groups in total. The number of carbonyl (C=O) groups excluding carboxylic acids is 1. The third kappa shape index (κ3) is 3.63. The molecule has 2 aromatic carbocycles. The van der Waals surface area contributed by atoms with Crippen LogP contribution in [0.5, 0.6) is 23.0 Å². The Bertz CT molecular complexity index is 1070. The van der Waals surface area contributed by atoms with E-state index >= 15 is 0 Å². The van der Waals surface area contributed by atoms with E-state index in [1.54, 1.807) is 22.9 Å². The molecule has 29 heavy (non-hydrogen) atoms. The summed E-state index contributed by atoms with van der Waals surface area (Å²) in [6, 6.07) is 10.7. The zero-order valence-corrected chi connectivity index (χ0v) is 15.8. The predicted molar refractivity (Wildman–Crippen MR) is 102 cm³/mol. The average Bonchev–Trinajstić information content (AvgIpc) is 3.41. The van der Waals surface area contributed by atoms with Gasteiger partial charge in [-0.3, -0.25) is 4.79 Å². The van der Waals surface area contributed by atoms with Crippen LogP contribution < -0.4 is 24.3 Å². The molecule has 0 radical (unpaired) electrons. The van der Waals surface area contributed by atoms with Crippen molar-refractivity contribution >= 4 is 23.4 Å². The van der Waals surface area contributed by atoms with E-state index in [9.17, 15) is 4.79 Å². The zero-order chi connectivity index (χ0) is 19.6. The van der Waals surface area contributed by atoms with Crippen molar-refractivity contribution in [1.82, 2.24) is 20.2 Å². The summed E-state index contributed by atoms with van der Waals surface area (Å²) >= 11 is 1.23. The highest BCUT2D eigenvalue weighted by atomic mass is 32.2.